The molecule has 0 saturated carbocycles. The van der Waals surface area contributed by atoms with Crippen molar-refractivity contribution in [2.24, 2.45) is 0 Å². The Kier molecular flexibility index (Phi) is 2.60. The number of benzene rings is 1. The molecule has 0 saturated heterocycles. The Bertz CT molecular complexity index is 782. The van der Waals surface area contributed by atoms with E-state index in [1.54, 1.807) is 42.7 Å². The van der Waals surface area contributed by atoms with Crippen LogP contribution >= 0.6 is 0 Å². The molecule has 2 aromatic heterocycles. The van der Waals surface area contributed by atoms with Crippen LogP contribution in [0.2, 0.25) is 0 Å². The molecule has 0 atom stereocenters. The summed E-state index contributed by atoms with van der Waals surface area (Å²) in [6.45, 7) is 0. The number of pyridine rings is 1. The van der Waals surface area contributed by atoms with Crippen LogP contribution in [-0.2, 0) is 0 Å². The Balaban J connectivity index is 2.14. The van der Waals surface area contributed by atoms with Crippen molar-refractivity contribution in [3.8, 4) is 0 Å². The Morgan fingerprint density at radius 2 is 1.84 bits per heavy atom. The van der Waals surface area contributed by atoms with Crippen molar-refractivity contribution in [1.82, 2.24) is 14.6 Å². The number of fused-ring (bicyclic) bond motifs is 1. The van der Waals surface area contributed by atoms with Gasteiger partial charge in [-0.25, -0.2) is 4.98 Å². The molecule has 6 nitrogen and oxygen atoms in total. The molecule has 0 aliphatic rings. The van der Waals surface area contributed by atoms with Crippen LogP contribution in [0.15, 0.2) is 53.6 Å². The van der Waals surface area contributed by atoms with E-state index in [0.717, 1.165) is 10.4 Å². The smallest absolute Gasteiger partial charge is 0.281 e. The summed E-state index contributed by atoms with van der Waals surface area (Å²) in [5.41, 5.74) is 1.07. The van der Waals surface area contributed by atoms with Gasteiger partial charge in [-0.3, -0.25) is 9.78 Å². The van der Waals surface area contributed by atoms with Gasteiger partial charge >= 0.3 is 0 Å². The van der Waals surface area contributed by atoms with E-state index in [0.29, 0.717) is 10.9 Å². The maximum atomic E-state index is 12.1. The average molecular weight is 253 g/mol. The van der Waals surface area contributed by atoms with Gasteiger partial charge in [0.25, 0.3) is 5.56 Å². The van der Waals surface area contributed by atoms with Crippen molar-refractivity contribution in [2.45, 2.75) is 0 Å². The third-order valence-electron chi connectivity index (χ3n) is 2.74. The van der Waals surface area contributed by atoms with E-state index in [-0.39, 0.29) is 11.5 Å². The Morgan fingerprint density at radius 3 is 2.63 bits per heavy atom. The number of rotatable bonds is 2. The molecule has 0 radical (unpaired) electrons. The first-order chi connectivity index (χ1) is 9.25. The van der Waals surface area contributed by atoms with Crippen LogP contribution in [0.1, 0.15) is 0 Å². The quantitative estimate of drug-likeness (QED) is 0.671. The normalized spacial score (nSPS) is 10.5. The number of nitrogens with two attached hydrogens (primary N) is 1. The molecule has 0 fully saturated rings. The minimum Gasteiger partial charge on any atom is -0.333 e. The highest BCUT2D eigenvalue weighted by Gasteiger charge is 2.08. The molecule has 19 heavy (non-hydrogen) atoms. The zero-order valence-corrected chi connectivity index (χ0v) is 9.95. The van der Waals surface area contributed by atoms with Gasteiger partial charge < -0.3 is 11.2 Å². The first-order valence-electron chi connectivity index (χ1n) is 5.69. The van der Waals surface area contributed by atoms with Crippen LogP contribution in [0, 0.1) is 0 Å². The number of anilines is 2. The zero-order valence-electron chi connectivity index (χ0n) is 9.95. The standard InChI is InChI=1S/C13H11N5O/c14-18-12(19)10-3-1-2-4-11(10)17-13(18)16-9-5-7-15-8-6-9/h1-8H,14H2,(H,15,16,17). The van der Waals surface area contributed by atoms with Gasteiger partial charge in [-0.15, -0.1) is 0 Å². The lowest BCUT2D eigenvalue weighted by Crippen LogP contribution is -2.30. The second-order valence-electron chi connectivity index (χ2n) is 3.99. The van der Waals surface area contributed by atoms with Crippen LogP contribution in [0.5, 0.6) is 0 Å². The van der Waals surface area contributed by atoms with Crippen molar-refractivity contribution in [2.75, 3.05) is 11.2 Å². The highest BCUT2D eigenvalue weighted by molar-refractivity contribution is 5.79. The molecule has 0 aliphatic carbocycles. The minimum absolute atomic E-state index is 0.287. The number of nitrogen functional groups attached to an aromatic ring is 1. The number of nitrogens with one attached hydrogen (secondary N) is 1. The van der Waals surface area contributed by atoms with E-state index in [9.17, 15) is 4.79 Å². The minimum atomic E-state index is -0.290. The molecule has 2 heterocycles. The average Bonchev–Trinajstić information content (AvgIpc) is 2.46. The van der Waals surface area contributed by atoms with Gasteiger partial charge in [0, 0.05) is 18.1 Å². The molecule has 3 rings (SSSR count). The van der Waals surface area contributed by atoms with Crippen LogP contribution in [-0.4, -0.2) is 14.6 Å². The first-order valence-corrected chi connectivity index (χ1v) is 5.69. The number of aromatic nitrogens is 3. The van der Waals surface area contributed by atoms with Crippen LogP contribution < -0.4 is 16.7 Å². The number of hydrogen-bond donors (Lipinski definition) is 2. The molecular weight excluding hydrogens is 242 g/mol. The SMILES string of the molecule is Nn1c(Nc2ccncc2)nc2ccccc2c1=O. The molecule has 0 aliphatic heterocycles. The monoisotopic (exact) mass is 253 g/mol. The van der Waals surface area contributed by atoms with E-state index in [1.807, 2.05) is 6.07 Å². The van der Waals surface area contributed by atoms with Crippen molar-refractivity contribution in [3.05, 3.63) is 59.1 Å². The molecule has 94 valence electrons. The lowest BCUT2D eigenvalue weighted by Gasteiger charge is -2.10. The molecule has 0 unspecified atom stereocenters. The summed E-state index contributed by atoms with van der Waals surface area (Å²) in [5.74, 6) is 6.05. The third-order valence-corrected chi connectivity index (χ3v) is 2.74. The summed E-state index contributed by atoms with van der Waals surface area (Å²) in [5, 5.41) is 3.48. The molecule has 0 bridgehead atoms. The van der Waals surface area contributed by atoms with Crippen LogP contribution in [0.3, 0.4) is 0 Å². The predicted octanol–water partition coefficient (Wildman–Crippen LogP) is 1.25. The lowest BCUT2D eigenvalue weighted by atomic mass is 10.2. The van der Waals surface area contributed by atoms with E-state index < -0.39 is 0 Å². The molecule has 6 heteroatoms. The van der Waals surface area contributed by atoms with Gasteiger partial charge in [0.1, 0.15) is 0 Å². The first kappa shape index (κ1) is 11.2. The summed E-state index contributed by atoms with van der Waals surface area (Å²) < 4.78 is 1.00. The Labute approximate surface area is 108 Å². The molecule has 3 N–H and O–H groups in total. The molecule has 0 amide bonds. The zero-order chi connectivity index (χ0) is 13.2. The van der Waals surface area contributed by atoms with Gasteiger partial charge in [0.15, 0.2) is 0 Å². The van der Waals surface area contributed by atoms with Gasteiger partial charge in [-0.2, -0.15) is 4.68 Å². The lowest BCUT2D eigenvalue weighted by molar-refractivity contribution is 0.926. The van der Waals surface area contributed by atoms with Gasteiger partial charge in [-0.05, 0) is 24.3 Å². The summed E-state index contributed by atoms with van der Waals surface area (Å²) in [7, 11) is 0. The topological polar surface area (TPSA) is 85.8 Å². The van der Waals surface area contributed by atoms with Crippen LogP contribution in [0.4, 0.5) is 11.6 Å². The molecule has 0 spiro atoms. The Morgan fingerprint density at radius 1 is 1.11 bits per heavy atom. The van der Waals surface area contributed by atoms with Crippen LogP contribution in [0.25, 0.3) is 10.9 Å². The van der Waals surface area contributed by atoms with Gasteiger partial charge in [0.05, 0.1) is 10.9 Å². The van der Waals surface area contributed by atoms with Crippen molar-refractivity contribution >= 4 is 22.5 Å². The van der Waals surface area contributed by atoms with Crippen molar-refractivity contribution < 1.29 is 0 Å². The summed E-state index contributed by atoms with van der Waals surface area (Å²) in [6, 6.07) is 10.6. The second-order valence-corrected chi connectivity index (χ2v) is 3.99. The fourth-order valence-electron chi connectivity index (χ4n) is 1.80. The largest absolute Gasteiger partial charge is 0.333 e. The van der Waals surface area contributed by atoms with E-state index in [1.165, 1.54) is 0 Å². The van der Waals surface area contributed by atoms with E-state index in [4.69, 9.17) is 5.84 Å². The molecule has 3 aromatic rings. The number of nitrogens with zero attached hydrogens (tertiary/aromatic N) is 3. The summed E-state index contributed by atoms with van der Waals surface area (Å²) in [4.78, 5) is 20.3. The predicted molar refractivity (Wildman–Crippen MR) is 73.7 cm³/mol. The highest BCUT2D eigenvalue weighted by Crippen LogP contribution is 2.14. The maximum Gasteiger partial charge on any atom is 0.281 e. The summed E-state index contributed by atoms with van der Waals surface area (Å²) in [6.07, 6.45) is 3.28. The van der Waals surface area contributed by atoms with E-state index >= 15 is 0 Å². The van der Waals surface area contributed by atoms with Crippen molar-refractivity contribution in [1.29, 1.82) is 0 Å². The fraction of sp³-hybridized carbons (Fsp3) is 0. The van der Waals surface area contributed by atoms with Crippen molar-refractivity contribution in [3.63, 3.8) is 0 Å². The number of hydrogen-bond acceptors (Lipinski definition) is 5. The van der Waals surface area contributed by atoms with E-state index in [2.05, 4.69) is 15.3 Å². The second kappa shape index (κ2) is 4.41. The Hall–Kier alpha value is -2.89. The van der Waals surface area contributed by atoms with Gasteiger partial charge in [0.2, 0.25) is 5.95 Å². The fourth-order valence-corrected chi connectivity index (χ4v) is 1.80. The molecular formula is C13H11N5O. The van der Waals surface area contributed by atoms with Gasteiger partial charge in [-0.1, -0.05) is 12.1 Å². The third kappa shape index (κ3) is 1.99. The highest BCUT2D eigenvalue weighted by atomic mass is 16.1. The maximum absolute atomic E-state index is 12.1. The number of para-hydroxylation sites is 1. The summed E-state index contributed by atoms with van der Waals surface area (Å²) >= 11 is 0. The molecule has 1 aromatic carbocycles.